The van der Waals surface area contributed by atoms with Gasteiger partial charge in [0.15, 0.2) is 17.5 Å². The lowest BCUT2D eigenvalue weighted by molar-refractivity contribution is 0.0587. The molecule has 0 saturated carbocycles. The number of carbonyl (C=O) groups excluding carboxylic acids is 2. The molecule has 0 saturated heterocycles. The zero-order valence-corrected chi connectivity index (χ0v) is 16.2. The number of nitriles is 1. The fourth-order valence-corrected chi connectivity index (χ4v) is 3.28. The maximum absolute atomic E-state index is 12.9. The summed E-state index contributed by atoms with van der Waals surface area (Å²) in [5, 5.41) is 13.5. The van der Waals surface area contributed by atoms with Crippen LogP contribution in [0.2, 0.25) is 0 Å². The van der Waals surface area contributed by atoms with Crippen molar-refractivity contribution < 1.29 is 9.59 Å². The van der Waals surface area contributed by atoms with Gasteiger partial charge in [-0.25, -0.2) is 9.97 Å². The highest BCUT2D eigenvalue weighted by Gasteiger charge is 2.40. The highest BCUT2D eigenvalue weighted by molar-refractivity contribution is 6.21. The smallest absolute Gasteiger partial charge is 0.262 e. The van der Waals surface area contributed by atoms with Crippen LogP contribution in [0.1, 0.15) is 70.7 Å². The maximum Gasteiger partial charge on any atom is 0.262 e. The van der Waals surface area contributed by atoms with E-state index in [1.165, 1.54) is 15.8 Å². The summed E-state index contributed by atoms with van der Waals surface area (Å²) >= 11 is 0. The van der Waals surface area contributed by atoms with E-state index in [-0.39, 0.29) is 17.7 Å². The summed E-state index contributed by atoms with van der Waals surface area (Å²) in [5.74, 6) is 0.803. The fourth-order valence-electron chi connectivity index (χ4n) is 3.28. The first kappa shape index (κ1) is 18.5. The summed E-state index contributed by atoms with van der Waals surface area (Å²) < 4.78 is 1.53. The minimum absolute atomic E-state index is 0.0442. The minimum Gasteiger partial charge on any atom is -0.269 e. The summed E-state index contributed by atoms with van der Waals surface area (Å²) in [5.41, 5.74) is 1.19. The molecule has 3 heterocycles. The number of pyridine rings is 1. The standard InChI is InChI=1S/C21H18N6O2/c1-12(2)18-24-19(27(25-18)17-9-8-14(10-22)11-23-17)13(3)26-20(28)15-6-4-5-7-16(15)21(26)29/h4-9,11-13H,1-3H3. The number of amides is 2. The van der Waals surface area contributed by atoms with Crippen molar-refractivity contribution in [3.05, 3.63) is 70.9 Å². The minimum atomic E-state index is -0.653. The van der Waals surface area contributed by atoms with E-state index < -0.39 is 6.04 Å². The van der Waals surface area contributed by atoms with Crippen LogP contribution in [0.3, 0.4) is 0 Å². The number of hydrogen-bond donors (Lipinski definition) is 0. The van der Waals surface area contributed by atoms with Gasteiger partial charge >= 0.3 is 0 Å². The first-order valence-electron chi connectivity index (χ1n) is 9.22. The molecule has 8 nitrogen and oxygen atoms in total. The highest BCUT2D eigenvalue weighted by Crippen LogP contribution is 2.31. The molecule has 1 aliphatic rings. The zero-order valence-electron chi connectivity index (χ0n) is 16.2. The Kier molecular flexibility index (Phi) is 4.43. The maximum atomic E-state index is 12.9. The van der Waals surface area contributed by atoms with Gasteiger partial charge < -0.3 is 0 Å². The van der Waals surface area contributed by atoms with Gasteiger partial charge in [-0.1, -0.05) is 26.0 Å². The fraction of sp³-hybridized carbons (Fsp3) is 0.238. The summed E-state index contributed by atoms with van der Waals surface area (Å²) in [7, 11) is 0. The van der Waals surface area contributed by atoms with E-state index in [2.05, 4.69) is 15.1 Å². The molecule has 144 valence electrons. The predicted molar refractivity (Wildman–Crippen MR) is 103 cm³/mol. The van der Waals surface area contributed by atoms with Gasteiger partial charge in [0.2, 0.25) is 0 Å². The summed E-state index contributed by atoms with van der Waals surface area (Å²) in [6.07, 6.45) is 1.45. The molecule has 4 rings (SSSR count). The second kappa shape index (κ2) is 6.95. The molecule has 2 amide bonds. The van der Waals surface area contributed by atoms with Gasteiger partial charge in [0.05, 0.1) is 22.7 Å². The Bertz CT molecular complexity index is 1120. The molecule has 0 aliphatic carbocycles. The number of aromatic nitrogens is 4. The van der Waals surface area contributed by atoms with E-state index in [4.69, 9.17) is 5.26 Å². The van der Waals surface area contributed by atoms with Crippen molar-refractivity contribution in [2.24, 2.45) is 0 Å². The largest absolute Gasteiger partial charge is 0.269 e. The average molecular weight is 386 g/mol. The molecule has 0 N–H and O–H groups in total. The first-order chi connectivity index (χ1) is 13.9. The number of hydrogen-bond acceptors (Lipinski definition) is 6. The molecule has 1 aliphatic heterocycles. The van der Waals surface area contributed by atoms with Gasteiger partial charge in [-0.2, -0.15) is 9.94 Å². The van der Waals surface area contributed by atoms with Crippen LogP contribution < -0.4 is 0 Å². The molecule has 2 aromatic heterocycles. The Morgan fingerprint density at radius 1 is 1.00 bits per heavy atom. The van der Waals surface area contributed by atoms with Crippen LogP contribution in [-0.2, 0) is 0 Å². The molecule has 3 aromatic rings. The molecule has 1 aromatic carbocycles. The molecular weight excluding hydrogens is 368 g/mol. The van der Waals surface area contributed by atoms with E-state index in [0.717, 1.165) is 0 Å². The number of carbonyl (C=O) groups is 2. The quantitative estimate of drug-likeness (QED) is 0.638. The SMILES string of the molecule is CC(C)c1nc(C(C)N2C(=O)c3ccccc3C2=O)n(-c2ccc(C#N)cn2)n1. The Hall–Kier alpha value is -3.86. The Balaban J connectivity index is 1.79. The van der Waals surface area contributed by atoms with Crippen LogP contribution in [0.5, 0.6) is 0 Å². The normalized spacial score (nSPS) is 14.2. The number of rotatable bonds is 4. The second-order valence-corrected chi connectivity index (χ2v) is 7.11. The Labute approximate surface area is 167 Å². The summed E-state index contributed by atoms with van der Waals surface area (Å²) in [4.78, 5) is 35.9. The van der Waals surface area contributed by atoms with Crippen LogP contribution >= 0.6 is 0 Å². The van der Waals surface area contributed by atoms with Crippen LogP contribution in [0, 0.1) is 11.3 Å². The lowest BCUT2D eigenvalue weighted by atomic mass is 10.1. The second-order valence-electron chi connectivity index (χ2n) is 7.11. The summed E-state index contributed by atoms with van der Waals surface area (Å²) in [6, 6.07) is 11.4. The number of fused-ring (bicyclic) bond motifs is 1. The third-order valence-electron chi connectivity index (χ3n) is 4.85. The lowest BCUT2D eigenvalue weighted by Gasteiger charge is -2.22. The first-order valence-corrected chi connectivity index (χ1v) is 9.22. The topological polar surface area (TPSA) is 105 Å². The van der Waals surface area contributed by atoms with Gasteiger partial charge in [0.25, 0.3) is 11.8 Å². The molecule has 1 atom stereocenters. The Morgan fingerprint density at radius 3 is 2.17 bits per heavy atom. The molecule has 29 heavy (non-hydrogen) atoms. The molecule has 0 spiro atoms. The van der Waals surface area contributed by atoms with Crippen LogP contribution in [0.25, 0.3) is 5.82 Å². The van der Waals surface area contributed by atoms with Gasteiger partial charge in [0.1, 0.15) is 6.07 Å². The van der Waals surface area contributed by atoms with E-state index >= 15 is 0 Å². The van der Waals surface area contributed by atoms with Crippen molar-refractivity contribution in [1.82, 2.24) is 24.6 Å². The molecular formula is C21H18N6O2. The van der Waals surface area contributed by atoms with E-state index in [1.807, 2.05) is 19.9 Å². The molecule has 0 fully saturated rings. The summed E-state index contributed by atoms with van der Waals surface area (Å²) in [6.45, 7) is 5.67. The lowest BCUT2D eigenvalue weighted by Crippen LogP contribution is -2.34. The van der Waals surface area contributed by atoms with E-state index in [1.54, 1.807) is 43.3 Å². The van der Waals surface area contributed by atoms with Gasteiger partial charge in [-0.3, -0.25) is 14.5 Å². The van der Waals surface area contributed by atoms with Crippen molar-refractivity contribution in [2.45, 2.75) is 32.7 Å². The van der Waals surface area contributed by atoms with Gasteiger partial charge in [-0.05, 0) is 31.2 Å². The monoisotopic (exact) mass is 386 g/mol. The third-order valence-corrected chi connectivity index (χ3v) is 4.85. The molecule has 1 unspecified atom stereocenters. The van der Waals surface area contributed by atoms with Crippen LogP contribution in [0.4, 0.5) is 0 Å². The number of benzene rings is 1. The van der Waals surface area contributed by atoms with Gasteiger partial charge in [-0.15, -0.1) is 5.10 Å². The van der Waals surface area contributed by atoms with Crippen LogP contribution in [-0.4, -0.2) is 36.5 Å². The van der Waals surface area contributed by atoms with Crippen molar-refractivity contribution in [3.8, 4) is 11.9 Å². The van der Waals surface area contributed by atoms with Crippen molar-refractivity contribution in [1.29, 1.82) is 5.26 Å². The third kappa shape index (κ3) is 2.97. The molecule has 8 heteroatoms. The van der Waals surface area contributed by atoms with Gasteiger partial charge in [0, 0.05) is 12.1 Å². The molecule has 0 bridgehead atoms. The van der Waals surface area contributed by atoms with E-state index in [0.29, 0.717) is 34.2 Å². The Morgan fingerprint density at radius 2 is 1.66 bits per heavy atom. The van der Waals surface area contributed by atoms with Crippen molar-refractivity contribution >= 4 is 11.8 Å². The molecule has 0 radical (unpaired) electrons. The highest BCUT2D eigenvalue weighted by atomic mass is 16.2. The predicted octanol–water partition coefficient (Wildman–Crippen LogP) is 3.01. The zero-order chi connectivity index (χ0) is 20.7. The number of nitrogens with zero attached hydrogens (tertiary/aromatic N) is 6. The average Bonchev–Trinajstić information content (AvgIpc) is 3.29. The van der Waals surface area contributed by atoms with Crippen molar-refractivity contribution in [3.63, 3.8) is 0 Å². The van der Waals surface area contributed by atoms with Crippen LogP contribution in [0.15, 0.2) is 42.6 Å². The van der Waals surface area contributed by atoms with Crippen molar-refractivity contribution in [2.75, 3.05) is 0 Å². The number of imide groups is 1. The van der Waals surface area contributed by atoms with E-state index in [9.17, 15) is 9.59 Å².